The number of nitrogens with zero attached hydrogens (tertiary/aromatic N) is 1. The van der Waals surface area contributed by atoms with E-state index in [1.807, 2.05) is 13.8 Å². The van der Waals surface area contributed by atoms with Crippen LogP contribution in [0.4, 0.5) is 0 Å². The summed E-state index contributed by atoms with van der Waals surface area (Å²) < 4.78 is 16.1. The Morgan fingerprint density at radius 1 is 0.456 bits per heavy atom. The van der Waals surface area contributed by atoms with Crippen molar-refractivity contribution in [3.05, 3.63) is 24.3 Å². The molecule has 7 heteroatoms. The Morgan fingerprint density at radius 3 is 1.14 bits per heavy atom. The summed E-state index contributed by atoms with van der Waals surface area (Å²) in [5.41, 5.74) is 0. The highest BCUT2D eigenvalue weighted by Gasteiger charge is 2.20. The molecule has 2 atom stereocenters. The third-order valence-corrected chi connectivity index (χ3v) is 11.2. The summed E-state index contributed by atoms with van der Waals surface area (Å²) in [6.45, 7) is 10.1. The zero-order valence-electron chi connectivity index (χ0n) is 38.5. The molecule has 7 nitrogen and oxygen atoms in total. The van der Waals surface area contributed by atoms with Crippen LogP contribution in [0.25, 0.3) is 0 Å². The first-order valence-corrected chi connectivity index (χ1v) is 24.1. The molecule has 0 aromatic heterocycles. The van der Waals surface area contributed by atoms with Gasteiger partial charge in [0.2, 0.25) is 0 Å². The average Bonchev–Trinajstić information content (AvgIpc) is 3.16. The van der Waals surface area contributed by atoms with Crippen molar-refractivity contribution in [2.45, 2.75) is 233 Å². The summed E-state index contributed by atoms with van der Waals surface area (Å²) in [4.78, 5) is 38.0. The summed E-state index contributed by atoms with van der Waals surface area (Å²) >= 11 is 0. The second kappa shape index (κ2) is 42.0. The topological polar surface area (TPSA) is 82.1 Å². The summed E-state index contributed by atoms with van der Waals surface area (Å²) in [6, 6.07) is 0. The predicted molar refractivity (Wildman–Crippen MR) is 241 cm³/mol. The fraction of sp³-hybridized carbons (Fsp3) is 0.860. The number of esters is 3. The van der Waals surface area contributed by atoms with Gasteiger partial charge in [0.25, 0.3) is 0 Å². The van der Waals surface area contributed by atoms with Gasteiger partial charge in [-0.05, 0) is 130 Å². The molecule has 0 aliphatic heterocycles. The fourth-order valence-corrected chi connectivity index (χ4v) is 7.46. The molecule has 0 rings (SSSR count). The number of carbonyl (C=O) groups is 3. The molecule has 334 valence electrons. The van der Waals surface area contributed by atoms with Crippen molar-refractivity contribution >= 4 is 17.9 Å². The van der Waals surface area contributed by atoms with Gasteiger partial charge in [-0.15, -0.1) is 0 Å². The summed E-state index contributed by atoms with van der Waals surface area (Å²) in [5, 5.41) is 0. The van der Waals surface area contributed by atoms with E-state index in [-0.39, 0.29) is 24.0 Å². The van der Waals surface area contributed by atoms with Gasteiger partial charge in [-0.25, -0.2) is 0 Å². The van der Waals surface area contributed by atoms with Gasteiger partial charge < -0.3 is 19.1 Å². The second-order valence-electron chi connectivity index (χ2n) is 17.1. The van der Waals surface area contributed by atoms with Gasteiger partial charge in [-0.2, -0.15) is 0 Å². The standard InChI is InChI=1S/C50H93NO6/c1-7-55-48(52)41-37-33-29-25-21-17-13-9-11-15-19-23-27-31-35-39-47(57-50(54)43-45(3)46(4)44-51(5)6)40-36-32-28-24-20-16-12-10-14-18-22-26-30-34-38-42-49(53)56-8-2/h9-10,13-14,45-47H,7-8,11-12,15-44H2,1-6H3/b13-9-,14-10-. The predicted octanol–water partition coefficient (Wildman–Crippen LogP) is 14.1. The van der Waals surface area contributed by atoms with Gasteiger partial charge >= 0.3 is 17.9 Å². The second-order valence-corrected chi connectivity index (χ2v) is 17.1. The number of hydrogen-bond acceptors (Lipinski definition) is 7. The Kier molecular flexibility index (Phi) is 40.4. The van der Waals surface area contributed by atoms with Crippen LogP contribution < -0.4 is 0 Å². The summed E-state index contributed by atoms with van der Waals surface area (Å²) in [7, 11) is 4.20. The van der Waals surface area contributed by atoms with Gasteiger partial charge in [-0.1, -0.05) is 128 Å². The van der Waals surface area contributed by atoms with Crippen LogP contribution in [0.1, 0.15) is 227 Å². The van der Waals surface area contributed by atoms with Gasteiger partial charge in [-0.3, -0.25) is 14.4 Å². The lowest BCUT2D eigenvalue weighted by molar-refractivity contribution is -0.151. The number of ether oxygens (including phenoxy) is 3. The number of carbonyl (C=O) groups excluding carboxylic acids is 3. The lowest BCUT2D eigenvalue weighted by Gasteiger charge is -2.24. The Bertz CT molecular complexity index is 920. The third kappa shape index (κ3) is 40.4. The van der Waals surface area contributed by atoms with Crippen LogP contribution >= 0.6 is 0 Å². The monoisotopic (exact) mass is 804 g/mol. The molecule has 0 spiro atoms. The zero-order valence-corrected chi connectivity index (χ0v) is 38.5. The molecule has 0 amide bonds. The van der Waals surface area contributed by atoms with Crippen LogP contribution in [0.2, 0.25) is 0 Å². The molecule has 0 radical (unpaired) electrons. The van der Waals surface area contributed by atoms with E-state index in [1.54, 1.807) is 0 Å². The van der Waals surface area contributed by atoms with Crippen molar-refractivity contribution in [2.24, 2.45) is 11.8 Å². The molecule has 0 heterocycles. The minimum atomic E-state index is -0.0577. The van der Waals surface area contributed by atoms with Gasteiger partial charge in [0.05, 0.1) is 13.2 Å². The van der Waals surface area contributed by atoms with Gasteiger partial charge in [0.15, 0.2) is 0 Å². The fourth-order valence-electron chi connectivity index (χ4n) is 7.46. The van der Waals surface area contributed by atoms with E-state index in [2.05, 4.69) is 57.1 Å². The lowest BCUT2D eigenvalue weighted by atomic mass is 9.92. The quantitative estimate of drug-likeness (QED) is 0.0263. The van der Waals surface area contributed by atoms with Crippen LogP contribution in [-0.4, -0.2) is 62.8 Å². The van der Waals surface area contributed by atoms with Gasteiger partial charge in [0.1, 0.15) is 6.10 Å². The summed E-state index contributed by atoms with van der Waals surface area (Å²) in [5.74, 6) is 0.673. The Labute approximate surface area is 353 Å². The highest BCUT2D eigenvalue weighted by Crippen LogP contribution is 2.21. The molecule has 0 fully saturated rings. The molecule has 0 aliphatic carbocycles. The van der Waals surface area contributed by atoms with E-state index >= 15 is 0 Å². The zero-order chi connectivity index (χ0) is 42.0. The third-order valence-electron chi connectivity index (χ3n) is 11.2. The molecule has 0 bridgehead atoms. The average molecular weight is 804 g/mol. The maximum Gasteiger partial charge on any atom is 0.306 e. The maximum absolute atomic E-state index is 13.0. The highest BCUT2D eigenvalue weighted by molar-refractivity contribution is 5.70. The van der Waals surface area contributed by atoms with Crippen molar-refractivity contribution in [3.63, 3.8) is 0 Å². The number of allylic oxidation sites excluding steroid dienone is 4. The molecule has 2 unspecified atom stereocenters. The van der Waals surface area contributed by atoms with E-state index < -0.39 is 0 Å². The maximum atomic E-state index is 13.0. The van der Waals surface area contributed by atoms with Gasteiger partial charge in [0, 0.05) is 25.8 Å². The SMILES string of the molecule is CCOC(=O)CCCCCCC/C=C\CCCCCCCCC(CCCCCCCC/C=C\CCCCCCCC(=O)OCC)OC(=O)CC(C)C(C)CN(C)C. The Hall–Kier alpha value is -2.15. The number of rotatable bonds is 42. The number of unbranched alkanes of at least 4 members (excludes halogenated alkanes) is 22. The Morgan fingerprint density at radius 2 is 0.789 bits per heavy atom. The van der Waals surface area contributed by atoms with E-state index in [0.29, 0.717) is 44.3 Å². The molecule has 0 N–H and O–H groups in total. The van der Waals surface area contributed by atoms with Crippen LogP contribution in [0.5, 0.6) is 0 Å². The molecule has 0 aromatic rings. The van der Waals surface area contributed by atoms with Crippen molar-refractivity contribution in [3.8, 4) is 0 Å². The van der Waals surface area contributed by atoms with Crippen molar-refractivity contribution in [1.82, 2.24) is 4.90 Å². The molecule has 0 saturated carbocycles. The molecule has 0 aromatic carbocycles. The van der Waals surface area contributed by atoms with E-state index in [4.69, 9.17) is 14.2 Å². The van der Waals surface area contributed by atoms with Crippen molar-refractivity contribution in [2.75, 3.05) is 33.9 Å². The minimum Gasteiger partial charge on any atom is -0.466 e. The largest absolute Gasteiger partial charge is 0.466 e. The molecule has 57 heavy (non-hydrogen) atoms. The van der Waals surface area contributed by atoms with E-state index in [1.165, 1.54) is 128 Å². The van der Waals surface area contributed by atoms with Crippen molar-refractivity contribution in [1.29, 1.82) is 0 Å². The van der Waals surface area contributed by atoms with Crippen LogP contribution in [-0.2, 0) is 28.6 Å². The molecule has 0 saturated heterocycles. The smallest absolute Gasteiger partial charge is 0.306 e. The minimum absolute atomic E-state index is 0.00344. The molecular weight excluding hydrogens is 711 g/mol. The van der Waals surface area contributed by atoms with Crippen LogP contribution in [0.15, 0.2) is 24.3 Å². The van der Waals surface area contributed by atoms with Crippen LogP contribution in [0.3, 0.4) is 0 Å². The first kappa shape index (κ1) is 54.9. The number of hydrogen-bond donors (Lipinski definition) is 0. The summed E-state index contributed by atoms with van der Waals surface area (Å²) in [6.07, 6.45) is 44.4. The van der Waals surface area contributed by atoms with Crippen LogP contribution in [0, 0.1) is 11.8 Å². The van der Waals surface area contributed by atoms with E-state index in [9.17, 15) is 14.4 Å². The van der Waals surface area contributed by atoms with E-state index in [0.717, 1.165) is 57.9 Å². The normalized spacial score (nSPS) is 12.9. The molecule has 0 aliphatic rings. The highest BCUT2D eigenvalue weighted by atomic mass is 16.5. The first-order valence-electron chi connectivity index (χ1n) is 24.1. The Balaban J connectivity index is 4.14. The lowest BCUT2D eigenvalue weighted by Crippen LogP contribution is -2.27. The molecular formula is C50H93NO6. The van der Waals surface area contributed by atoms with Crippen molar-refractivity contribution < 1.29 is 28.6 Å². The first-order chi connectivity index (χ1) is 27.7.